The summed E-state index contributed by atoms with van der Waals surface area (Å²) in [6.07, 6.45) is 15.3. The van der Waals surface area contributed by atoms with Gasteiger partial charge in [-0.1, -0.05) is 60.7 Å². The van der Waals surface area contributed by atoms with E-state index in [0.717, 1.165) is 0 Å². The molecule has 0 saturated heterocycles. The van der Waals surface area contributed by atoms with Gasteiger partial charge in [0.25, 0.3) is 0 Å². The van der Waals surface area contributed by atoms with E-state index in [1.54, 1.807) is 0 Å². The standard InChI is InChI=1S/C22H17P/c1-3-12-19(13-4-1)23(20-14-5-2-6-15-20)22-17-9-16-21(22)18-10-7-8-11-18/h1-17H. The molecule has 110 valence electrons. The van der Waals surface area contributed by atoms with Gasteiger partial charge in [0.15, 0.2) is 0 Å². The van der Waals surface area contributed by atoms with E-state index in [2.05, 4.69) is 106 Å². The second-order valence-electron chi connectivity index (χ2n) is 5.50. The quantitative estimate of drug-likeness (QED) is 0.740. The SMILES string of the molecule is [CH]1[CH][CH][C]([C]2[CH][CH][CH][C]2P(c2ccccc2)c2ccccc2)[CH]1. The molecule has 2 saturated carbocycles. The summed E-state index contributed by atoms with van der Waals surface area (Å²) < 4.78 is 0. The summed E-state index contributed by atoms with van der Waals surface area (Å²) in [6, 6.07) is 21.7. The molecule has 0 amide bonds. The van der Waals surface area contributed by atoms with E-state index >= 15 is 0 Å². The van der Waals surface area contributed by atoms with Gasteiger partial charge in [-0.05, 0) is 75.3 Å². The fourth-order valence-electron chi connectivity index (χ4n) is 2.98. The summed E-state index contributed by atoms with van der Waals surface area (Å²) in [7, 11) is -0.534. The Morgan fingerprint density at radius 3 is 1.65 bits per heavy atom. The maximum absolute atomic E-state index is 2.29. The second kappa shape index (κ2) is 7.18. The molecular formula is C22H17P. The normalized spacial score (nSPS) is 20.6. The Morgan fingerprint density at radius 2 is 1.09 bits per heavy atom. The summed E-state index contributed by atoms with van der Waals surface area (Å²) in [5, 5.41) is 2.79. The molecule has 0 bridgehead atoms. The summed E-state index contributed by atoms with van der Waals surface area (Å²) in [5.74, 6) is 2.66. The van der Waals surface area contributed by atoms with Crippen LogP contribution in [-0.4, -0.2) is 0 Å². The molecule has 2 aromatic carbocycles. The Labute approximate surface area is 142 Å². The third-order valence-corrected chi connectivity index (χ3v) is 6.54. The smallest absolute Gasteiger partial charge is 0.0201 e. The molecule has 10 radical (unpaired) electrons. The zero-order chi connectivity index (χ0) is 15.5. The topological polar surface area (TPSA) is 0 Å². The van der Waals surface area contributed by atoms with Crippen LogP contribution >= 0.6 is 7.92 Å². The van der Waals surface area contributed by atoms with Gasteiger partial charge in [0.1, 0.15) is 0 Å². The molecule has 0 N–H and O–H groups in total. The van der Waals surface area contributed by atoms with E-state index in [4.69, 9.17) is 0 Å². The van der Waals surface area contributed by atoms with Crippen LogP contribution < -0.4 is 10.6 Å². The lowest BCUT2D eigenvalue weighted by Crippen LogP contribution is -2.21. The first-order valence-electron chi connectivity index (χ1n) is 7.81. The minimum absolute atomic E-state index is 0.534. The molecule has 0 unspecified atom stereocenters. The highest BCUT2D eigenvalue weighted by atomic mass is 31.1. The van der Waals surface area contributed by atoms with Crippen molar-refractivity contribution in [2.75, 3.05) is 0 Å². The fourth-order valence-corrected chi connectivity index (χ4v) is 5.46. The van der Waals surface area contributed by atoms with Gasteiger partial charge in [0, 0.05) is 5.66 Å². The van der Waals surface area contributed by atoms with E-state index < -0.39 is 7.92 Å². The molecule has 0 aliphatic heterocycles. The highest BCUT2D eigenvalue weighted by Crippen LogP contribution is 2.59. The van der Waals surface area contributed by atoms with Crippen molar-refractivity contribution in [1.29, 1.82) is 0 Å². The zero-order valence-corrected chi connectivity index (χ0v) is 13.7. The van der Waals surface area contributed by atoms with Crippen molar-refractivity contribution in [1.82, 2.24) is 0 Å². The summed E-state index contributed by atoms with van der Waals surface area (Å²) in [6.45, 7) is 0. The van der Waals surface area contributed by atoms with E-state index in [9.17, 15) is 0 Å². The molecule has 1 heteroatoms. The van der Waals surface area contributed by atoms with Crippen LogP contribution in [-0.2, 0) is 0 Å². The van der Waals surface area contributed by atoms with Crippen LogP contribution in [0.25, 0.3) is 0 Å². The average molecular weight is 312 g/mol. The third kappa shape index (κ3) is 3.24. The second-order valence-corrected chi connectivity index (χ2v) is 7.69. The van der Waals surface area contributed by atoms with E-state index in [1.807, 2.05) is 0 Å². The minimum atomic E-state index is -0.534. The highest BCUT2D eigenvalue weighted by Gasteiger charge is 2.42. The van der Waals surface area contributed by atoms with E-state index in [-0.39, 0.29) is 0 Å². The summed E-state index contributed by atoms with van der Waals surface area (Å²) in [4.78, 5) is 0. The molecular weight excluding hydrogens is 295 g/mol. The summed E-state index contributed by atoms with van der Waals surface area (Å²) >= 11 is 0. The zero-order valence-electron chi connectivity index (χ0n) is 12.8. The molecule has 23 heavy (non-hydrogen) atoms. The van der Waals surface area contributed by atoms with Gasteiger partial charge in [-0.25, -0.2) is 0 Å². The lowest BCUT2D eigenvalue weighted by Gasteiger charge is -2.31. The van der Waals surface area contributed by atoms with Crippen LogP contribution in [0.1, 0.15) is 0 Å². The largest absolute Gasteiger partial charge is 0.0622 e. The molecule has 4 rings (SSSR count). The maximum atomic E-state index is 2.29. The van der Waals surface area contributed by atoms with E-state index in [1.165, 1.54) is 28.1 Å². The van der Waals surface area contributed by atoms with Gasteiger partial charge < -0.3 is 0 Å². The van der Waals surface area contributed by atoms with Crippen molar-refractivity contribution in [2.45, 2.75) is 0 Å². The average Bonchev–Trinajstić information content (AvgIpc) is 3.28. The van der Waals surface area contributed by atoms with Crippen molar-refractivity contribution in [2.24, 2.45) is 0 Å². The Kier molecular flexibility index (Phi) is 4.81. The Morgan fingerprint density at radius 1 is 0.522 bits per heavy atom. The predicted octanol–water partition coefficient (Wildman–Crippen LogP) is 4.26. The monoisotopic (exact) mass is 312 g/mol. The molecule has 2 aromatic rings. The first kappa shape index (κ1) is 15.4. The van der Waals surface area contributed by atoms with Crippen LogP contribution in [0, 0.1) is 62.4 Å². The number of hydrogen-bond acceptors (Lipinski definition) is 0. The van der Waals surface area contributed by atoms with Crippen molar-refractivity contribution >= 4 is 18.5 Å². The highest BCUT2D eigenvalue weighted by molar-refractivity contribution is 7.76. The summed E-state index contributed by atoms with van der Waals surface area (Å²) in [5.41, 5.74) is 1.43. The predicted molar refractivity (Wildman–Crippen MR) is 98.9 cm³/mol. The van der Waals surface area contributed by atoms with Crippen LogP contribution in [0.4, 0.5) is 0 Å². The number of hydrogen-bond donors (Lipinski definition) is 0. The molecule has 0 atom stereocenters. The number of rotatable bonds is 4. The van der Waals surface area contributed by atoms with E-state index in [0.29, 0.717) is 0 Å². The molecule has 2 fully saturated rings. The third-order valence-electron chi connectivity index (χ3n) is 4.04. The molecule has 0 heterocycles. The molecule has 2 aliphatic rings. The first-order chi connectivity index (χ1) is 11.4. The Hall–Kier alpha value is -1.13. The molecule has 0 aromatic heterocycles. The van der Waals surface area contributed by atoms with Crippen molar-refractivity contribution in [3.8, 4) is 0 Å². The van der Waals surface area contributed by atoms with Gasteiger partial charge in [-0.2, -0.15) is 0 Å². The van der Waals surface area contributed by atoms with Crippen LogP contribution in [0.2, 0.25) is 0 Å². The van der Waals surface area contributed by atoms with Crippen LogP contribution in [0.3, 0.4) is 0 Å². The van der Waals surface area contributed by atoms with Gasteiger partial charge in [0.2, 0.25) is 0 Å². The maximum Gasteiger partial charge on any atom is 0.0201 e. The Balaban J connectivity index is 1.70. The van der Waals surface area contributed by atoms with Gasteiger partial charge in [-0.15, -0.1) is 0 Å². The van der Waals surface area contributed by atoms with Crippen molar-refractivity contribution in [3.63, 3.8) is 0 Å². The van der Waals surface area contributed by atoms with Crippen molar-refractivity contribution in [3.05, 3.63) is 123 Å². The van der Waals surface area contributed by atoms with Crippen molar-refractivity contribution < 1.29 is 0 Å². The lowest BCUT2D eigenvalue weighted by molar-refractivity contribution is 1.11. The van der Waals surface area contributed by atoms with Gasteiger partial charge in [0.05, 0.1) is 0 Å². The molecule has 2 aliphatic carbocycles. The van der Waals surface area contributed by atoms with Crippen LogP contribution in [0.15, 0.2) is 60.7 Å². The lowest BCUT2D eigenvalue weighted by atomic mass is 9.89. The van der Waals surface area contributed by atoms with Crippen LogP contribution in [0.5, 0.6) is 0 Å². The molecule has 0 spiro atoms. The minimum Gasteiger partial charge on any atom is -0.0622 e. The Bertz CT molecular complexity index is 561. The fraction of sp³-hybridized carbons (Fsp3) is 0. The first-order valence-corrected chi connectivity index (χ1v) is 9.16. The van der Waals surface area contributed by atoms with Gasteiger partial charge >= 0.3 is 0 Å². The van der Waals surface area contributed by atoms with Gasteiger partial charge in [-0.3, -0.25) is 0 Å². The molecule has 0 nitrogen and oxygen atoms in total. The number of benzene rings is 2.